The van der Waals surface area contributed by atoms with Gasteiger partial charge in [0.15, 0.2) is 16.1 Å². The van der Waals surface area contributed by atoms with Gasteiger partial charge in [-0.15, -0.1) is 0 Å². The molecule has 3 aromatic rings. The minimum Gasteiger partial charge on any atom is -0.369 e. The fourth-order valence-electron chi connectivity index (χ4n) is 3.26. The second kappa shape index (κ2) is 10.0. The maximum absolute atomic E-state index is 12.5. The van der Waals surface area contributed by atoms with Gasteiger partial charge in [0.2, 0.25) is 0 Å². The van der Waals surface area contributed by atoms with Gasteiger partial charge in [0, 0.05) is 16.3 Å². The summed E-state index contributed by atoms with van der Waals surface area (Å²) < 4.78 is 57.7. The first kappa shape index (κ1) is 24.2. The van der Waals surface area contributed by atoms with E-state index >= 15 is 0 Å². The second-order valence-corrected chi connectivity index (χ2v) is 11.0. The number of sulfone groups is 1. The molecule has 0 heterocycles. The average Bonchev–Trinajstić information content (AvgIpc) is 2.74. The van der Waals surface area contributed by atoms with E-state index in [0.29, 0.717) is 23.6 Å². The largest absolute Gasteiger partial charge is 0.369 e. The Kier molecular flexibility index (Phi) is 7.58. The minimum absolute atomic E-state index is 0.00452. The molecule has 0 amide bonds. The van der Waals surface area contributed by atoms with E-state index in [1.54, 1.807) is 30.3 Å². The molecule has 0 saturated carbocycles. The molecule has 7 nitrogen and oxygen atoms in total. The topological polar surface area (TPSA) is 121 Å². The highest BCUT2D eigenvalue weighted by Crippen LogP contribution is 2.27. The summed E-state index contributed by atoms with van der Waals surface area (Å²) in [5, 5.41) is 13.9. The van der Waals surface area contributed by atoms with Crippen LogP contribution in [0.4, 0.5) is 5.69 Å². The third-order valence-electron chi connectivity index (χ3n) is 4.83. The van der Waals surface area contributed by atoms with Crippen LogP contribution in [0.2, 0.25) is 5.02 Å². The normalized spacial score (nSPS) is 13.0. The van der Waals surface area contributed by atoms with E-state index in [4.69, 9.17) is 11.6 Å². The molecule has 3 N–H and O–H groups in total. The number of aryl methyl sites for hydroxylation is 1. The number of anilines is 1. The first-order valence-electron chi connectivity index (χ1n) is 9.65. The molecular formula is C22H22ClNO6S2. The maximum Gasteiger partial charge on any atom is 0.294 e. The molecule has 0 aliphatic rings. The maximum atomic E-state index is 12.5. The molecule has 170 valence electrons. The molecule has 0 bridgehead atoms. The number of aliphatic hydroxyl groups is 1. The summed E-state index contributed by atoms with van der Waals surface area (Å²) in [6.45, 7) is 0. The number of hydrogen-bond donors (Lipinski definition) is 3. The zero-order valence-electron chi connectivity index (χ0n) is 16.8. The highest BCUT2D eigenvalue weighted by Gasteiger charge is 2.21. The van der Waals surface area contributed by atoms with Crippen molar-refractivity contribution in [2.45, 2.75) is 28.9 Å². The number of hydrogen-bond acceptors (Lipinski definition) is 6. The van der Waals surface area contributed by atoms with Gasteiger partial charge in [-0.2, -0.15) is 8.42 Å². The summed E-state index contributed by atoms with van der Waals surface area (Å²) in [6.07, 6.45) is -0.670. The number of halogens is 1. The Morgan fingerprint density at radius 1 is 0.875 bits per heavy atom. The number of aliphatic hydroxyl groups excluding tert-OH is 1. The lowest BCUT2D eigenvalue weighted by Gasteiger charge is -2.19. The fraction of sp³-hybridized carbons (Fsp3) is 0.182. The van der Waals surface area contributed by atoms with Gasteiger partial charge in [0.1, 0.15) is 4.90 Å². The molecule has 3 rings (SSSR count). The predicted octanol–water partition coefficient (Wildman–Crippen LogP) is 4.10. The van der Waals surface area contributed by atoms with E-state index in [1.165, 1.54) is 42.5 Å². The Balaban J connectivity index is 1.72. The summed E-state index contributed by atoms with van der Waals surface area (Å²) in [4.78, 5) is -0.197. The molecule has 1 atom stereocenters. The molecule has 0 aliphatic carbocycles. The zero-order chi connectivity index (χ0) is 23.4. The van der Waals surface area contributed by atoms with Crippen LogP contribution in [0.5, 0.6) is 0 Å². The first-order chi connectivity index (χ1) is 15.1. The van der Waals surface area contributed by atoms with Gasteiger partial charge < -0.3 is 10.4 Å². The molecule has 0 radical (unpaired) electrons. The predicted molar refractivity (Wildman–Crippen MR) is 123 cm³/mol. The molecule has 32 heavy (non-hydrogen) atoms. The number of benzene rings is 3. The Labute approximate surface area is 192 Å². The van der Waals surface area contributed by atoms with Gasteiger partial charge in [-0.25, -0.2) is 8.42 Å². The van der Waals surface area contributed by atoms with Crippen LogP contribution in [0.3, 0.4) is 0 Å². The van der Waals surface area contributed by atoms with E-state index in [0.717, 1.165) is 5.56 Å². The Bertz CT molecular complexity index is 1290. The third-order valence-corrected chi connectivity index (χ3v) is 7.83. The van der Waals surface area contributed by atoms with Crippen molar-refractivity contribution in [1.82, 2.24) is 0 Å². The van der Waals surface area contributed by atoms with Crippen LogP contribution in [-0.4, -0.2) is 32.2 Å². The molecule has 1 unspecified atom stereocenters. The lowest BCUT2D eigenvalue weighted by molar-refractivity contribution is 0.204. The fourth-order valence-corrected chi connectivity index (χ4v) is 5.42. The Morgan fingerprint density at radius 2 is 1.50 bits per heavy atom. The zero-order valence-corrected chi connectivity index (χ0v) is 19.2. The average molecular weight is 496 g/mol. The van der Waals surface area contributed by atoms with E-state index in [9.17, 15) is 26.5 Å². The summed E-state index contributed by atoms with van der Waals surface area (Å²) >= 11 is 5.81. The van der Waals surface area contributed by atoms with Gasteiger partial charge in [0.05, 0.1) is 10.6 Å². The van der Waals surface area contributed by atoms with Crippen molar-refractivity contribution < 1.29 is 26.5 Å². The summed E-state index contributed by atoms with van der Waals surface area (Å²) in [6, 6.07) is 18.6. The Morgan fingerprint density at radius 3 is 2.19 bits per heavy atom. The van der Waals surface area contributed by atoms with E-state index in [2.05, 4.69) is 5.32 Å². The second-order valence-electron chi connectivity index (χ2n) is 7.09. The van der Waals surface area contributed by atoms with E-state index in [1.807, 2.05) is 0 Å². The highest BCUT2D eigenvalue weighted by atomic mass is 35.5. The molecule has 0 aliphatic heterocycles. The van der Waals surface area contributed by atoms with Gasteiger partial charge in [-0.05, 0) is 54.8 Å². The van der Waals surface area contributed by atoms with E-state index < -0.39 is 31.1 Å². The van der Waals surface area contributed by atoms with Gasteiger partial charge >= 0.3 is 0 Å². The van der Waals surface area contributed by atoms with Crippen LogP contribution in [0, 0.1) is 0 Å². The summed E-state index contributed by atoms with van der Waals surface area (Å²) in [7, 11) is -7.99. The molecule has 0 spiro atoms. The quantitative estimate of drug-likeness (QED) is 0.302. The van der Waals surface area contributed by atoms with Gasteiger partial charge in [0.25, 0.3) is 10.1 Å². The molecular weight excluding hydrogens is 474 g/mol. The number of para-hydroxylation sites is 1. The van der Waals surface area contributed by atoms with Crippen LogP contribution < -0.4 is 5.32 Å². The monoisotopic (exact) mass is 495 g/mol. The SMILES string of the molecule is O=S(=O)(O)c1ccccc1C(O)Nc1ccccc1CCCS(=O)(=O)c1ccc(Cl)cc1. The summed E-state index contributed by atoms with van der Waals surface area (Å²) in [5.41, 5.74) is 1.27. The van der Waals surface area contributed by atoms with Gasteiger partial charge in [-0.3, -0.25) is 4.55 Å². The lowest BCUT2D eigenvalue weighted by atomic mass is 10.1. The Hall–Kier alpha value is -2.43. The molecule has 3 aromatic carbocycles. The van der Waals surface area contributed by atoms with Crippen LogP contribution in [0.15, 0.2) is 82.6 Å². The molecule has 0 aromatic heterocycles. The van der Waals surface area contributed by atoms with Crippen molar-refractivity contribution >= 4 is 37.2 Å². The number of rotatable bonds is 9. The smallest absolute Gasteiger partial charge is 0.294 e. The number of nitrogens with one attached hydrogen (secondary N) is 1. The third kappa shape index (κ3) is 6.08. The van der Waals surface area contributed by atoms with Gasteiger partial charge in [-0.1, -0.05) is 48.0 Å². The van der Waals surface area contributed by atoms with Crippen LogP contribution in [0.1, 0.15) is 23.8 Å². The van der Waals surface area contributed by atoms with E-state index in [-0.39, 0.29) is 16.2 Å². The molecule has 0 fully saturated rings. The minimum atomic E-state index is -4.52. The van der Waals surface area contributed by atoms with Crippen LogP contribution in [-0.2, 0) is 26.4 Å². The standard InChI is InChI=1S/C22H22ClNO6S2/c23-17-11-13-18(14-12-17)31(26,27)15-5-7-16-6-1-3-9-20(16)24-22(25)19-8-2-4-10-21(19)32(28,29)30/h1-4,6,8-14,22,24-25H,5,7,15H2,(H,28,29,30). The van der Waals surface area contributed by atoms with Crippen molar-refractivity contribution in [3.05, 3.63) is 88.9 Å². The van der Waals surface area contributed by atoms with Crippen molar-refractivity contribution in [3.63, 3.8) is 0 Å². The summed E-state index contributed by atoms with van der Waals surface area (Å²) in [5.74, 6) is -0.0723. The molecule has 0 saturated heterocycles. The lowest BCUT2D eigenvalue weighted by Crippen LogP contribution is -2.15. The van der Waals surface area contributed by atoms with Crippen LogP contribution in [0.25, 0.3) is 0 Å². The molecule has 10 heteroatoms. The highest BCUT2D eigenvalue weighted by molar-refractivity contribution is 7.91. The van der Waals surface area contributed by atoms with Crippen molar-refractivity contribution in [1.29, 1.82) is 0 Å². The first-order valence-corrected chi connectivity index (χ1v) is 13.1. The van der Waals surface area contributed by atoms with Crippen LogP contribution >= 0.6 is 11.6 Å². The van der Waals surface area contributed by atoms with Crippen molar-refractivity contribution in [3.8, 4) is 0 Å². The van der Waals surface area contributed by atoms with Crippen molar-refractivity contribution in [2.75, 3.05) is 11.1 Å². The van der Waals surface area contributed by atoms with Crippen molar-refractivity contribution in [2.24, 2.45) is 0 Å².